The summed E-state index contributed by atoms with van der Waals surface area (Å²) < 4.78 is 8.11. The predicted molar refractivity (Wildman–Crippen MR) is 82.1 cm³/mol. The molecule has 0 spiro atoms. The lowest BCUT2D eigenvalue weighted by Crippen LogP contribution is -2.03. The molecule has 3 rings (SSSR count). The van der Waals surface area contributed by atoms with Gasteiger partial charge in [0.1, 0.15) is 5.75 Å². The van der Waals surface area contributed by atoms with E-state index in [0.717, 1.165) is 32.5 Å². The molecule has 0 aliphatic carbocycles. The highest BCUT2D eigenvalue weighted by Crippen LogP contribution is 2.23. The summed E-state index contributed by atoms with van der Waals surface area (Å²) in [6.07, 6.45) is 1.84. The normalized spacial score (nSPS) is 10.9. The highest BCUT2D eigenvalue weighted by atomic mass is 79.9. The van der Waals surface area contributed by atoms with Crippen LogP contribution in [0.2, 0.25) is 0 Å². The minimum Gasteiger partial charge on any atom is -0.497 e. The molecule has 0 aliphatic heterocycles. The van der Waals surface area contributed by atoms with Crippen molar-refractivity contribution in [1.82, 2.24) is 14.8 Å². The molecule has 3 aromatic rings. The molecule has 2 heterocycles. The SMILES string of the molecule is COc1ccc(Cn2ncc3c(Br)cc(C)nc32)cc1. The second-order valence-corrected chi connectivity index (χ2v) is 5.49. The maximum absolute atomic E-state index is 5.17. The van der Waals surface area contributed by atoms with Crippen LogP contribution >= 0.6 is 15.9 Å². The van der Waals surface area contributed by atoms with Gasteiger partial charge in [-0.1, -0.05) is 12.1 Å². The molecular weight excluding hydrogens is 318 g/mol. The number of pyridine rings is 1. The van der Waals surface area contributed by atoms with Crippen LogP contribution in [-0.2, 0) is 6.54 Å². The van der Waals surface area contributed by atoms with E-state index in [1.54, 1.807) is 7.11 Å². The lowest BCUT2D eigenvalue weighted by molar-refractivity contribution is 0.414. The largest absolute Gasteiger partial charge is 0.497 e. The van der Waals surface area contributed by atoms with Crippen LogP contribution in [0.3, 0.4) is 0 Å². The third-order valence-corrected chi connectivity index (χ3v) is 3.83. The van der Waals surface area contributed by atoms with E-state index >= 15 is 0 Å². The van der Waals surface area contributed by atoms with Crippen LogP contribution in [0.25, 0.3) is 11.0 Å². The van der Waals surface area contributed by atoms with Gasteiger partial charge >= 0.3 is 0 Å². The molecule has 1 aromatic carbocycles. The Morgan fingerprint density at radius 2 is 2.00 bits per heavy atom. The van der Waals surface area contributed by atoms with Crippen molar-refractivity contribution < 1.29 is 4.74 Å². The van der Waals surface area contributed by atoms with Crippen molar-refractivity contribution in [3.63, 3.8) is 0 Å². The number of aryl methyl sites for hydroxylation is 1. The fraction of sp³-hybridized carbons (Fsp3) is 0.200. The molecule has 20 heavy (non-hydrogen) atoms. The van der Waals surface area contributed by atoms with Crippen LogP contribution in [0.4, 0.5) is 0 Å². The minimum absolute atomic E-state index is 0.691. The van der Waals surface area contributed by atoms with E-state index in [1.807, 2.05) is 48.1 Å². The zero-order valence-electron chi connectivity index (χ0n) is 11.3. The predicted octanol–water partition coefficient (Wildman–Crippen LogP) is 3.56. The average molecular weight is 332 g/mol. The van der Waals surface area contributed by atoms with Gasteiger partial charge in [0.25, 0.3) is 0 Å². The number of hydrogen-bond acceptors (Lipinski definition) is 3. The number of nitrogens with zero attached hydrogens (tertiary/aromatic N) is 3. The molecule has 0 saturated carbocycles. The van der Waals surface area contributed by atoms with Gasteiger partial charge in [-0.3, -0.25) is 0 Å². The number of ether oxygens (including phenoxy) is 1. The van der Waals surface area contributed by atoms with Crippen molar-refractivity contribution in [3.8, 4) is 5.75 Å². The number of methoxy groups -OCH3 is 1. The van der Waals surface area contributed by atoms with Gasteiger partial charge < -0.3 is 4.74 Å². The van der Waals surface area contributed by atoms with Gasteiger partial charge in [0, 0.05) is 10.2 Å². The summed E-state index contributed by atoms with van der Waals surface area (Å²) in [5, 5.41) is 5.46. The molecule has 0 bridgehead atoms. The Morgan fingerprint density at radius 1 is 1.25 bits per heavy atom. The molecule has 0 radical (unpaired) electrons. The fourth-order valence-electron chi connectivity index (χ4n) is 2.15. The monoisotopic (exact) mass is 331 g/mol. The molecule has 102 valence electrons. The van der Waals surface area contributed by atoms with Gasteiger partial charge in [-0.25, -0.2) is 9.67 Å². The smallest absolute Gasteiger partial charge is 0.159 e. The molecule has 0 aliphatic rings. The minimum atomic E-state index is 0.691. The zero-order chi connectivity index (χ0) is 14.1. The maximum Gasteiger partial charge on any atom is 0.159 e. The Labute approximate surface area is 125 Å². The van der Waals surface area contributed by atoms with Gasteiger partial charge in [0.15, 0.2) is 5.65 Å². The van der Waals surface area contributed by atoms with Crippen molar-refractivity contribution in [3.05, 3.63) is 52.3 Å². The van der Waals surface area contributed by atoms with Gasteiger partial charge in [-0.05, 0) is 46.6 Å². The summed E-state index contributed by atoms with van der Waals surface area (Å²) in [5.74, 6) is 0.857. The van der Waals surface area contributed by atoms with E-state index in [9.17, 15) is 0 Å². The van der Waals surface area contributed by atoms with Crippen LogP contribution in [0.5, 0.6) is 5.75 Å². The molecule has 0 atom stereocenters. The number of benzene rings is 1. The van der Waals surface area contributed by atoms with Crippen molar-refractivity contribution in [2.75, 3.05) is 7.11 Å². The Balaban J connectivity index is 1.97. The van der Waals surface area contributed by atoms with Crippen molar-refractivity contribution in [1.29, 1.82) is 0 Å². The van der Waals surface area contributed by atoms with Crippen LogP contribution in [0.1, 0.15) is 11.3 Å². The number of hydrogen-bond donors (Lipinski definition) is 0. The van der Waals surface area contributed by atoms with Crippen LogP contribution < -0.4 is 4.74 Å². The van der Waals surface area contributed by atoms with Crippen LogP contribution in [0, 0.1) is 6.92 Å². The first-order chi connectivity index (χ1) is 9.67. The third kappa shape index (κ3) is 2.41. The van der Waals surface area contributed by atoms with Gasteiger partial charge in [0.2, 0.25) is 0 Å². The van der Waals surface area contributed by atoms with Crippen molar-refractivity contribution >= 4 is 27.0 Å². The summed E-state index contributed by atoms with van der Waals surface area (Å²) in [7, 11) is 1.67. The molecule has 4 nitrogen and oxygen atoms in total. The molecule has 5 heteroatoms. The molecule has 0 fully saturated rings. The zero-order valence-corrected chi connectivity index (χ0v) is 12.9. The van der Waals surface area contributed by atoms with Gasteiger partial charge in [-0.15, -0.1) is 0 Å². The van der Waals surface area contributed by atoms with Gasteiger partial charge in [-0.2, -0.15) is 5.10 Å². The number of rotatable bonds is 3. The van der Waals surface area contributed by atoms with E-state index in [2.05, 4.69) is 26.0 Å². The Bertz CT molecular complexity index is 750. The van der Waals surface area contributed by atoms with E-state index in [4.69, 9.17) is 4.74 Å². The fourth-order valence-corrected chi connectivity index (χ4v) is 2.76. The Morgan fingerprint density at radius 3 is 2.70 bits per heavy atom. The van der Waals surface area contributed by atoms with Gasteiger partial charge in [0.05, 0.1) is 25.2 Å². The highest BCUT2D eigenvalue weighted by molar-refractivity contribution is 9.10. The van der Waals surface area contributed by atoms with E-state index in [1.165, 1.54) is 0 Å². The second kappa shape index (κ2) is 5.25. The second-order valence-electron chi connectivity index (χ2n) is 4.63. The van der Waals surface area contributed by atoms with Crippen LogP contribution in [-0.4, -0.2) is 21.9 Å². The molecule has 0 saturated heterocycles. The van der Waals surface area contributed by atoms with E-state index < -0.39 is 0 Å². The van der Waals surface area contributed by atoms with Crippen molar-refractivity contribution in [2.24, 2.45) is 0 Å². The molecular formula is C15H14BrN3O. The Kier molecular flexibility index (Phi) is 3.44. The number of halogens is 1. The third-order valence-electron chi connectivity index (χ3n) is 3.18. The first kappa shape index (κ1) is 13.1. The molecule has 0 amide bonds. The first-order valence-electron chi connectivity index (χ1n) is 6.29. The Hall–Kier alpha value is -1.88. The standard InChI is InChI=1S/C15H14BrN3O/c1-10-7-14(16)13-8-17-19(15(13)18-10)9-11-3-5-12(20-2)6-4-11/h3-8H,9H2,1-2H3. The summed E-state index contributed by atoms with van der Waals surface area (Å²) in [6, 6.07) is 9.99. The summed E-state index contributed by atoms with van der Waals surface area (Å²) in [6.45, 7) is 2.67. The molecule has 0 N–H and O–H groups in total. The summed E-state index contributed by atoms with van der Waals surface area (Å²) in [5.41, 5.74) is 3.03. The lowest BCUT2D eigenvalue weighted by atomic mass is 10.2. The topological polar surface area (TPSA) is 39.9 Å². The van der Waals surface area contributed by atoms with E-state index in [-0.39, 0.29) is 0 Å². The molecule has 2 aromatic heterocycles. The van der Waals surface area contributed by atoms with Crippen LogP contribution in [0.15, 0.2) is 41.0 Å². The quantitative estimate of drug-likeness (QED) is 0.736. The summed E-state index contributed by atoms with van der Waals surface area (Å²) >= 11 is 3.56. The number of aromatic nitrogens is 3. The average Bonchev–Trinajstić information content (AvgIpc) is 2.83. The molecule has 0 unspecified atom stereocenters. The van der Waals surface area contributed by atoms with Crippen molar-refractivity contribution in [2.45, 2.75) is 13.5 Å². The highest BCUT2D eigenvalue weighted by Gasteiger charge is 2.08. The first-order valence-corrected chi connectivity index (χ1v) is 7.08. The summed E-state index contributed by atoms with van der Waals surface area (Å²) in [4.78, 5) is 4.57. The van der Waals surface area contributed by atoms with E-state index in [0.29, 0.717) is 6.54 Å². The lowest BCUT2D eigenvalue weighted by Gasteiger charge is -2.05. The number of fused-ring (bicyclic) bond motifs is 1. The maximum atomic E-state index is 5.17.